The van der Waals surface area contributed by atoms with Crippen LogP contribution < -0.4 is 10.1 Å². The highest BCUT2D eigenvalue weighted by atomic mass is 19.1. The average Bonchev–Trinajstić information content (AvgIpc) is 3.01. The Hall–Kier alpha value is -3.15. The fourth-order valence-electron chi connectivity index (χ4n) is 3.84. The van der Waals surface area contributed by atoms with Crippen LogP contribution in [0.4, 0.5) is 4.39 Å². The number of hydrogen-bond acceptors (Lipinski definition) is 3. The number of carbonyl (C=O) groups is 1. The van der Waals surface area contributed by atoms with Gasteiger partial charge in [0.2, 0.25) is 5.91 Å². The molecule has 0 saturated heterocycles. The summed E-state index contributed by atoms with van der Waals surface area (Å²) in [5, 5.41) is 7.55. The van der Waals surface area contributed by atoms with Crippen molar-refractivity contribution in [3.8, 4) is 16.9 Å². The number of ether oxygens (including phenoxy) is 1. The number of aromatic nitrogens is 2. The predicted molar refractivity (Wildman–Crippen MR) is 109 cm³/mol. The molecule has 0 spiro atoms. The van der Waals surface area contributed by atoms with Crippen molar-refractivity contribution in [1.82, 2.24) is 15.1 Å². The molecule has 1 unspecified atom stereocenters. The summed E-state index contributed by atoms with van der Waals surface area (Å²) in [6, 6.07) is 14.2. The Morgan fingerprint density at radius 1 is 1.28 bits per heavy atom. The summed E-state index contributed by atoms with van der Waals surface area (Å²) < 4.78 is 21.2. The van der Waals surface area contributed by atoms with E-state index < -0.39 is 5.60 Å². The van der Waals surface area contributed by atoms with Crippen molar-refractivity contribution in [2.24, 2.45) is 0 Å². The van der Waals surface area contributed by atoms with Gasteiger partial charge in [-0.2, -0.15) is 5.10 Å². The zero-order valence-corrected chi connectivity index (χ0v) is 16.8. The first-order valence-electron chi connectivity index (χ1n) is 9.68. The molecule has 4 rings (SSSR count). The molecular weight excluding hydrogens is 369 g/mol. The Balaban J connectivity index is 1.51. The van der Waals surface area contributed by atoms with E-state index in [2.05, 4.69) is 10.4 Å². The molecule has 5 nitrogen and oxygen atoms in total. The third-order valence-corrected chi connectivity index (χ3v) is 5.10. The van der Waals surface area contributed by atoms with E-state index in [1.165, 1.54) is 12.1 Å². The molecule has 1 aliphatic rings. The highest BCUT2D eigenvalue weighted by Crippen LogP contribution is 2.39. The molecule has 0 aliphatic carbocycles. The number of hydrogen-bond donors (Lipinski definition) is 1. The monoisotopic (exact) mass is 393 g/mol. The first-order chi connectivity index (χ1) is 13.8. The van der Waals surface area contributed by atoms with Gasteiger partial charge in [-0.15, -0.1) is 0 Å². The molecule has 1 amide bonds. The summed E-state index contributed by atoms with van der Waals surface area (Å²) in [7, 11) is 0. The average molecular weight is 393 g/mol. The van der Waals surface area contributed by atoms with Gasteiger partial charge >= 0.3 is 0 Å². The lowest BCUT2D eigenvalue weighted by Gasteiger charge is -2.37. The van der Waals surface area contributed by atoms with Crippen LogP contribution in [0.5, 0.6) is 5.75 Å². The summed E-state index contributed by atoms with van der Waals surface area (Å²) in [5.41, 5.74) is 3.24. The highest BCUT2D eigenvalue weighted by molar-refractivity contribution is 5.77. The molecule has 29 heavy (non-hydrogen) atoms. The molecular formula is C23H24FN3O2. The standard InChI is InChI=1S/C23H24FN3O2/c1-15-19(16-7-5-4-6-8-16)13-27(26-15)14-22(28)25-20-12-23(2,3)29-21-11-17(24)9-10-18(20)21/h4-11,13,20H,12,14H2,1-3H3,(H,25,28). The van der Waals surface area contributed by atoms with E-state index in [0.29, 0.717) is 12.2 Å². The van der Waals surface area contributed by atoms with Crippen molar-refractivity contribution in [3.63, 3.8) is 0 Å². The Morgan fingerprint density at radius 2 is 2.03 bits per heavy atom. The number of nitrogens with one attached hydrogen (secondary N) is 1. The van der Waals surface area contributed by atoms with Gasteiger partial charge in [0.05, 0.1) is 11.7 Å². The molecule has 150 valence electrons. The van der Waals surface area contributed by atoms with Gasteiger partial charge in [-0.3, -0.25) is 9.48 Å². The lowest BCUT2D eigenvalue weighted by Crippen LogP contribution is -2.42. The van der Waals surface area contributed by atoms with Gasteiger partial charge in [0, 0.05) is 29.8 Å². The fraction of sp³-hybridized carbons (Fsp3) is 0.304. The van der Waals surface area contributed by atoms with Gasteiger partial charge in [-0.1, -0.05) is 36.4 Å². The number of nitrogens with zero attached hydrogens (tertiary/aromatic N) is 2. The van der Waals surface area contributed by atoms with Crippen molar-refractivity contribution in [2.45, 2.75) is 45.4 Å². The Morgan fingerprint density at radius 3 is 2.79 bits per heavy atom. The molecule has 2 heterocycles. The number of halogens is 1. The van der Waals surface area contributed by atoms with Crippen molar-refractivity contribution in [3.05, 3.63) is 71.8 Å². The lowest BCUT2D eigenvalue weighted by molar-refractivity contribution is -0.123. The molecule has 6 heteroatoms. The quantitative estimate of drug-likeness (QED) is 0.714. The lowest BCUT2D eigenvalue weighted by atomic mass is 9.89. The van der Waals surface area contributed by atoms with Crippen molar-refractivity contribution >= 4 is 5.91 Å². The summed E-state index contributed by atoms with van der Waals surface area (Å²) in [6.45, 7) is 5.91. The van der Waals surface area contributed by atoms with Crippen LogP contribution in [0.25, 0.3) is 11.1 Å². The summed E-state index contributed by atoms with van der Waals surface area (Å²) in [6.07, 6.45) is 2.49. The van der Waals surface area contributed by atoms with Crippen LogP contribution in [0.1, 0.15) is 37.6 Å². The summed E-state index contributed by atoms with van der Waals surface area (Å²) >= 11 is 0. The molecule has 0 fully saturated rings. The summed E-state index contributed by atoms with van der Waals surface area (Å²) in [4.78, 5) is 12.7. The predicted octanol–water partition coefficient (Wildman–Crippen LogP) is 4.42. The zero-order valence-electron chi connectivity index (χ0n) is 16.8. The maximum absolute atomic E-state index is 13.6. The van der Waals surface area contributed by atoms with Gasteiger partial charge in [0.1, 0.15) is 23.7 Å². The molecule has 0 radical (unpaired) electrons. The fourth-order valence-corrected chi connectivity index (χ4v) is 3.84. The minimum Gasteiger partial charge on any atom is -0.487 e. The second-order valence-electron chi connectivity index (χ2n) is 8.06. The first kappa shape index (κ1) is 19.2. The van der Waals surface area contributed by atoms with Gasteiger partial charge in [0.25, 0.3) is 0 Å². The molecule has 1 aliphatic heterocycles. The zero-order chi connectivity index (χ0) is 20.6. The number of carbonyl (C=O) groups excluding carboxylic acids is 1. The minimum atomic E-state index is -0.499. The second-order valence-corrected chi connectivity index (χ2v) is 8.06. The van der Waals surface area contributed by atoms with E-state index in [0.717, 1.165) is 22.4 Å². The van der Waals surface area contributed by atoms with E-state index in [9.17, 15) is 9.18 Å². The van der Waals surface area contributed by atoms with Gasteiger partial charge in [0.15, 0.2) is 0 Å². The van der Waals surface area contributed by atoms with E-state index in [4.69, 9.17) is 4.74 Å². The van der Waals surface area contributed by atoms with E-state index >= 15 is 0 Å². The van der Waals surface area contributed by atoms with E-state index in [1.54, 1.807) is 10.7 Å². The van der Waals surface area contributed by atoms with Crippen LogP contribution in [0.15, 0.2) is 54.7 Å². The molecule has 1 aromatic heterocycles. The van der Waals surface area contributed by atoms with Crippen LogP contribution in [0, 0.1) is 12.7 Å². The van der Waals surface area contributed by atoms with Crippen molar-refractivity contribution in [2.75, 3.05) is 0 Å². The van der Waals surface area contributed by atoms with Gasteiger partial charge in [-0.25, -0.2) is 4.39 Å². The third kappa shape index (κ3) is 4.16. The molecule has 1 atom stereocenters. The van der Waals surface area contributed by atoms with Crippen molar-refractivity contribution < 1.29 is 13.9 Å². The maximum Gasteiger partial charge on any atom is 0.242 e. The van der Waals surface area contributed by atoms with Gasteiger partial charge in [-0.05, 0) is 32.4 Å². The third-order valence-electron chi connectivity index (χ3n) is 5.10. The highest BCUT2D eigenvalue weighted by Gasteiger charge is 2.34. The SMILES string of the molecule is Cc1nn(CC(=O)NC2CC(C)(C)Oc3cc(F)ccc32)cc1-c1ccccc1. The minimum absolute atomic E-state index is 0.113. The van der Waals surface area contributed by atoms with E-state index in [-0.39, 0.29) is 24.3 Å². The number of aryl methyl sites for hydroxylation is 1. The van der Waals surface area contributed by atoms with Crippen LogP contribution in [0.2, 0.25) is 0 Å². The van der Waals surface area contributed by atoms with Crippen LogP contribution in [-0.4, -0.2) is 21.3 Å². The van der Waals surface area contributed by atoms with Crippen molar-refractivity contribution in [1.29, 1.82) is 0 Å². The number of benzene rings is 2. The van der Waals surface area contributed by atoms with Crippen LogP contribution >= 0.6 is 0 Å². The smallest absolute Gasteiger partial charge is 0.242 e. The van der Waals surface area contributed by atoms with Gasteiger partial charge < -0.3 is 10.1 Å². The number of amides is 1. The largest absolute Gasteiger partial charge is 0.487 e. The Bertz CT molecular complexity index is 1040. The first-order valence-corrected chi connectivity index (χ1v) is 9.68. The molecule has 0 saturated carbocycles. The second kappa shape index (κ2) is 7.35. The molecule has 2 aromatic carbocycles. The number of rotatable bonds is 4. The number of fused-ring (bicyclic) bond motifs is 1. The normalized spacial score (nSPS) is 17.3. The van der Waals surface area contributed by atoms with Crippen LogP contribution in [-0.2, 0) is 11.3 Å². The Labute approximate surface area is 169 Å². The Kier molecular flexibility index (Phi) is 4.86. The topological polar surface area (TPSA) is 56.2 Å². The molecule has 3 aromatic rings. The summed E-state index contributed by atoms with van der Waals surface area (Å²) in [5.74, 6) is -0.0232. The van der Waals surface area contributed by atoms with E-state index in [1.807, 2.05) is 57.3 Å². The van der Waals surface area contributed by atoms with Crippen LogP contribution in [0.3, 0.4) is 0 Å². The molecule has 1 N–H and O–H groups in total. The molecule has 0 bridgehead atoms. The maximum atomic E-state index is 13.6.